The van der Waals surface area contributed by atoms with Crippen LogP contribution in [0.2, 0.25) is 0 Å². The molecule has 0 aliphatic heterocycles. The Morgan fingerprint density at radius 2 is 1.43 bits per heavy atom. The van der Waals surface area contributed by atoms with Crippen molar-refractivity contribution < 1.29 is 31.2 Å². The standard InChI is InChI=1S/C17H16F3N3O4S/c1-28(26,27)23-11-4-2-10(3-5-11)16(24)21-8-9-22-17(25)12-6-7-13(18)15(20)14(12)19/h2-7,23H,8-9H2,1H3,(H,21,24)(H,22,25). The molecule has 0 spiro atoms. The number of halogens is 3. The number of anilines is 1. The Balaban J connectivity index is 1.84. The van der Waals surface area contributed by atoms with Crippen LogP contribution in [0.25, 0.3) is 0 Å². The lowest BCUT2D eigenvalue weighted by Gasteiger charge is -2.09. The predicted molar refractivity (Wildman–Crippen MR) is 95.9 cm³/mol. The predicted octanol–water partition coefficient (Wildman–Crippen LogP) is 1.64. The summed E-state index contributed by atoms with van der Waals surface area (Å²) in [6.07, 6.45) is 0.994. The van der Waals surface area contributed by atoms with Crippen LogP contribution in [0.4, 0.5) is 18.9 Å². The molecular weight excluding hydrogens is 399 g/mol. The fourth-order valence-corrected chi connectivity index (χ4v) is 2.72. The van der Waals surface area contributed by atoms with Crippen LogP contribution < -0.4 is 15.4 Å². The first-order valence-electron chi connectivity index (χ1n) is 7.86. The quantitative estimate of drug-likeness (QED) is 0.472. The lowest BCUT2D eigenvalue weighted by Crippen LogP contribution is -2.35. The fraction of sp³-hybridized carbons (Fsp3) is 0.176. The average Bonchev–Trinajstić information content (AvgIpc) is 2.62. The van der Waals surface area contributed by atoms with Crippen molar-refractivity contribution in [2.24, 2.45) is 0 Å². The molecule has 2 aromatic rings. The van der Waals surface area contributed by atoms with E-state index in [0.29, 0.717) is 11.8 Å². The molecule has 0 aromatic heterocycles. The van der Waals surface area contributed by atoms with Crippen molar-refractivity contribution in [1.82, 2.24) is 10.6 Å². The molecule has 7 nitrogen and oxygen atoms in total. The van der Waals surface area contributed by atoms with E-state index in [2.05, 4.69) is 15.4 Å². The molecule has 2 rings (SSSR count). The molecule has 0 saturated carbocycles. The average molecular weight is 415 g/mol. The second-order valence-corrected chi connectivity index (χ2v) is 7.43. The number of amides is 2. The van der Waals surface area contributed by atoms with Gasteiger partial charge in [-0.1, -0.05) is 0 Å². The van der Waals surface area contributed by atoms with E-state index in [1.165, 1.54) is 24.3 Å². The van der Waals surface area contributed by atoms with Gasteiger partial charge in [-0.05, 0) is 36.4 Å². The first kappa shape index (κ1) is 21.2. The largest absolute Gasteiger partial charge is 0.350 e. The van der Waals surface area contributed by atoms with Crippen LogP contribution in [0.15, 0.2) is 36.4 Å². The van der Waals surface area contributed by atoms with Crippen molar-refractivity contribution in [3.05, 3.63) is 65.0 Å². The maximum Gasteiger partial charge on any atom is 0.254 e. The molecule has 0 fully saturated rings. The van der Waals surface area contributed by atoms with E-state index >= 15 is 0 Å². The lowest BCUT2D eigenvalue weighted by molar-refractivity contribution is 0.0924. The van der Waals surface area contributed by atoms with Gasteiger partial charge in [0.2, 0.25) is 10.0 Å². The highest BCUT2D eigenvalue weighted by Gasteiger charge is 2.18. The Labute approximate surface area is 159 Å². The summed E-state index contributed by atoms with van der Waals surface area (Å²) < 4.78 is 64.0. The van der Waals surface area contributed by atoms with Crippen LogP contribution in [0.5, 0.6) is 0 Å². The van der Waals surface area contributed by atoms with Gasteiger partial charge in [0, 0.05) is 24.3 Å². The Morgan fingerprint density at radius 1 is 0.857 bits per heavy atom. The van der Waals surface area contributed by atoms with Gasteiger partial charge < -0.3 is 10.6 Å². The molecule has 0 aliphatic rings. The summed E-state index contributed by atoms with van der Waals surface area (Å²) in [5, 5.41) is 4.76. The van der Waals surface area contributed by atoms with Crippen LogP contribution in [-0.4, -0.2) is 39.6 Å². The molecule has 0 aliphatic carbocycles. The van der Waals surface area contributed by atoms with Crippen molar-refractivity contribution in [3.8, 4) is 0 Å². The molecule has 150 valence electrons. The minimum atomic E-state index is -3.43. The van der Waals surface area contributed by atoms with Gasteiger partial charge in [0.05, 0.1) is 11.8 Å². The van der Waals surface area contributed by atoms with Gasteiger partial charge in [0.1, 0.15) is 0 Å². The van der Waals surface area contributed by atoms with Gasteiger partial charge in [-0.25, -0.2) is 21.6 Å². The molecule has 0 saturated heterocycles. The maximum absolute atomic E-state index is 13.5. The van der Waals surface area contributed by atoms with E-state index < -0.39 is 44.9 Å². The van der Waals surface area contributed by atoms with Crippen LogP contribution in [-0.2, 0) is 10.0 Å². The molecular formula is C17H16F3N3O4S. The summed E-state index contributed by atoms with van der Waals surface area (Å²) >= 11 is 0. The Kier molecular flexibility index (Phi) is 6.62. The number of benzene rings is 2. The van der Waals surface area contributed by atoms with Crippen LogP contribution in [0, 0.1) is 17.5 Å². The number of sulfonamides is 1. The molecule has 0 atom stereocenters. The molecule has 0 heterocycles. The van der Waals surface area contributed by atoms with Crippen molar-refractivity contribution in [2.45, 2.75) is 0 Å². The first-order chi connectivity index (χ1) is 13.1. The van der Waals surface area contributed by atoms with E-state index in [-0.39, 0.29) is 18.7 Å². The topological polar surface area (TPSA) is 104 Å². The number of carbonyl (C=O) groups excluding carboxylic acids is 2. The molecule has 11 heteroatoms. The normalized spacial score (nSPS) is 11.0. The summed E-state index contributed by atoms with van der Waals surface area (Å²) in [7, 11) is -3.43. The fourth-order valence-electron chi connectivity index (χ4n) is 2.15. The Hall–Kier alpha value is -3.08. The van der Waals surface area contributed by atoms with Crippen molar-refractivity contribution in [1.29, 1.82) is 0 Å². The zero-order chi connectivity index (χ0) is 20.9. The summed E-state index contributed by atoms with van der Waals surface area (Å²) in [5.41, 5.74) is -0.115. The summed E-state index contributed by atoms with van der Waals surface area (Å²) in [6.45, 7) is -0.101. The minimum Gasteiger partial charge on any atom is -0.350 e. The van der Waals surface area contributed by atoms with Crippen LogP contribution >= 0.6 is 0 Å². The van der Waals surface area contributed by atoms with Gasteiger partial charge in [0.25, 0.3) is 11.8 Å². The second-order valence-electron chi connectivity index (χ2n) is 5.69. The van der Waals surface area contributed by atoms with Gasteiger partial charge in [-0.2, -0.15) is 0 Å². The molecule has 0 bridgehead atoms. The summed E-state index contributed by atoms with van der Waals surface area (Å²) in [5.74, 6) is -6.18. The lowest BCUT2D eigenvalue weighted by atomic mass is 10.2. The maximum atomic E-state index is 13.5. The molecule has 2 aromatic carbocycles. The number of hydrogen-bond donors (Lipinski definition) is 3. The monoisotopic (exact) mass is 415 g/mol. The van der Waals surface area contributed by atoms with E-state index in [4.69, 9.17) is 0 Å². The van der Waals surface area contributed by atoms with E-state index in [9.17, 15) is 31.2 Å². The van der Waals surface area contributed by atoms with Crippen LogP contribution in [0.3, 0.4) is 0 Å². The third kappa shape index (κ3) is 5.71. The molecule has 2 amide bonds. The summed E-state index contributed by atoms with van der Waals surface area (Å²) in [4.78, 5) is 23.8. The summed E-state index contributed by atoms with van der Waals surface area (Å²) in [6, 6.07) is 7.06. The molecule has 3 N–H and O–H groups in total. The number of nitrogens with one attached hydrogen (secondary N) is 3. The zero-order valence-corrected chi connectivity index (χ0v) is 15.4. The van der Waals surface area contributed by atoms with Crippen molar-refractivity contribution in [2.75, 3.05) is 24.1 Å². The number of carbonyl (C=O) groups is 2. The third-order valence-electron chi connectivity index (χ3n) is 3.43. The van der Waals surface area contributed by atoms with Gasteiger partial charge in [-0.3, -0.25) is 14.3 Å². The second kappa shape index (κ2) is 8.74. The molecule has 0 radical (unpaired) electrons. The first-order valence-corrected chi connectivity index (χ1v) is 9.75. The highest BCUT2D eigenvalue weighted by atomic mass is 32.2. The van der Waals surface area contributed by atoms with Crippen molar-refractivity contribution in [3.63, 3.8) is 0 Å². The molecule has 28 heavy (non-hydrogen) atoms. The van der Waals surface area contributed by atoms with Gasteiger partial charge >= 0.3 is 0 Å². The molecule has 0 unspecified atom stereocenters. The highest BCUT2D eigenvalue weighted by Crippen LogP contribution is 2.15. The minimum absolute atomic E-state index is 0.0147. The van der Waals surface area contributed by atoms with E-state index in [1.54, 1.807) is 0 Å². The highest BCUT2D eigenvalue weighted by molar-refractivity contribution is 7.92. The van der Waals surface area contributed by atoms with Gasteiger partial charge in [0.15, 0.2) is 17.5 Å². The number of hydrogen-bond acceptors (Lipinski definition) is 4. The Morgan fingerprint density at radius 3 is 2.00 bits per heavy atom. The van der Waals surface area contributed by atoms with Gasteiger partial charge in [-0.15, -0.1) is 0 Å². The van der Waals surface area contributed by atoms with Crippen LogP contribution in [0.1, 0.15) is 20.7 Å². The zero-order valence-electron chi connectivity index (χ0n) is 14.6. The van der Waals surface area contributed by atoms with E-state index in [1.807, 2.05) is 0 Å². The van der Waals surface area contributed by atoms with E-state index in [0.717, 1.165) is 12.3 Å². The SMILES string of the molecule is CS(=O)(=O)Nc1ccc(C(=O)NCCNC(=O)c2ccc(F)c(F)c2F)cc1. The number of rotatable bonds is 7. The smallest absolute Gasteiger partial charge is 0.254 e. The Bertz CT molecular complexity index is 995. The van der Waals surface area contributed by atoms with Crippen molar-refractivity contribution >= 4 is 27.5 Å². The third-order valence-corrected chi connectivity index (χ3v) is 4.03.